The summed E-state index contributed by atoms with van der Waals surface area (Å²) in [7, 11) is 0. The summed E-state index contributed by atoms with van der Waals surface area (Å²) in [5, 5.41) is 0. The molecule has 0 spiro atoms. The molecule has 0 aliphatic heterocycles. The summed E-state index contributed by atoms with van der Waals surface area (Å²) in [6, 6.07) is 35.2. The van der Waals surface area contributed by atoms with Crippen LogP contribution in [-0.2, 0) is 38.5 Å². The van der Waals surface area contributed by atoms with E-state index in [0.29, 0.717) is 0 Å². The molecule has 0 N–H and O–H groups in total. The van der Waals surface area contributed by atoms with Gasteiger partial charge < -0.3 is 24.8 Å². The molecule has 7 rings (SSSR count). The zero-order valence-corrected chi connectivity index (χ0v) is 33.6. The number of hydrogen-bond acceptors (Lipinski definition) is 0. The Hall–Kier alpha value is -2.31. The van der Waals surface area contributed by atoms with Gasteiger partial charge in [-0.25, -0.2) is 0 Å². The van der Waals surface area contributed by atoms with E-state index in [9.17, 15) is 0 Å². The van der Waals surface area contributed by atoms with E-state index in [1.54, 1.807) is 26.5 Å². The standard InChI is InChI=1S/C21H25.C13H10.C11H15.2ClH.Zr/c1-20(2,3)16-7-9-18-14(12-16)11-15-13-17(21(4,5)6)8-10-19(15)18;1-3-7-12(8-4-1)11-13-9-5-2-6-10-13;1-2-6-10(7-3-1)11-8-4-5-9-11;;;/h7-10,12H,11H2,1-6H3;1-10H;8-10H,1-4,6-7H2;2*1H;/q;;;;;+2/p-2. The normalized spacial score (nSPS) is 15.6. The van der Waals surface area contributed by atoms with E-state index in [1.165, 1.54) is 65.5 Å². The molecule has 1 fully saturated rings. The Morgan fingerprint density at radius 2 is 1.27 bits per heavy atom. The molecule has 0 nitrogen and oxygen atoms in total. The quantitative estimate of drug-likeness (QED) is 0.233. The van der Waals surface area contributed by atoms with Gasteiger partial charge in [-0.2, -0.15) is 0 Å². The molecule has 3 aliphatic carbocycles. The van der Waals surface area contributed by atoms with Gasteiger partial charge in [-0.15, -0.1) is 0 Å². The van der Waals surface area contributed by atoms with E-state index in [1.807, 2.05) is 0 Å². The van der Waals surface area contributed by atoms with Crippen LogP contribution in [0.3, 0.4) is 0 Å². The Morgan fingerprint density at radius 1 is 0.667 bits per heavy atom. The number of benzene rings is 4. The SMILES string of the molecule is CC(C)(C)c1ccc2c(c1)Cc1c-2ccc(C(C)(C)C)[c]1[Zr+2]([C]1=CC(C2CCCCC2)=CC1)=[C](c1ccccc1)c1ccccc1.[Cl-].[Cl-]. The third kappa shape index (κ3) is 7.27. The molecule has 4 aromatic rings. The molecule has 0 bridgehead atoms. The van der Waals surface area contributed by atoms with Crippen LogP contribution in [0.25, 0.3) is 11.1 Å². The van der Waals surface area contributed by atoms with Gasteiger partial charge in [0.05, 0.1) is 0 Å². The van der Waals surface area contributed by atoms with Crippen LogP contribution in [0.5, 0.6) is 0 Å². The topological polar surface area (TPSA) is 0 Å². The predicted octanol–water partition coefficient (Wildman–Crippen LogP) is 5.17. The van der Waals surface area contributed by atoms with E-state index < -0.39 is 21.3 Å². The molecule has 0 radical (unpaired) electrons. The van der Waals surface area contributed by atoms with Gasteiger partial charge in [0.1, 0.15) is 0 Å². The summed E-state index contributed by atoms with van der Waals surface area (Å²) in [5.41, 5.74) is 13.8. The average Bonchev–Trinajstić information content (AvgIpc) is 3.69. The summed E-state index contributed by atoms with van der Waals surface area (Å²) in [6.45, 7) is 14.4. The minimum Gasteiger partial charge on any atom is -1.00 e. The van der Waals surface area contributed by atoms with Crippen LogP contribution in [-0.4, -0.2) is 3.21 Å². The van der Waals surface area contributed by atoms with Gasteiger partial charge in [-0.1, -0.05) is 0 Å². The monoisotopic (exact) mass is 750 g/mol. The first-order valence-corrected chi connectivity index (χ1v) is 21.3. The van der Waals surface area contributed by atoms with E-state index in [4.69, 9.17) is 0 Å². The van der Waals surface area contributed by atoms with Crippen LogP contribution in [0.1, 0.15) is 113 Å². The van der Waals surface area contributed by atoms with Crippen molar-refractivity contribution < 1.29 is 46.1 Å². The molecular weight excluding hydrogens is 703 g/mol. The van der Waals surface area contributed by atoms with E-state index in [0.717, 1.165) is 18.8 Å². The second-order valence-corrected chi connectivity index (χ2v) is 21.8. The Labute approximate surface area is 310 Å². The van der Waals surface area contributed by atoms with E-state index in [2.05, 4.69) is 145 Å². The van der Waals surface area contributed by atoms with Crippen molar-refractivity contribution in [2.75, 3.05) is 0 Å². The molecule has 0 heterocycles. The van der Waals surface area contributed by atoms with Crippen LogP contribution < -0.4 is 28.1 Å². The fraction of sp³-hybridized carbons (Fsp3) is 0.356. The largest absolute Gasteiger partial charge is 1.00 e. The van der Waals surface area contributed by atoms with Crippen LogP contribution in [0.2, 0.25) is 0 Å². The van der Waals surface area contributed by atoms with Crippen molar-refractivity contribution in [2.45, 2.75) is 97.3 Å². The van der Waals surface area contributed by atoms with Gasteiger partial charge in [-0.3, -0.25) is 0 Å². The Morgan fingerprint density at radius 3 is 1.85 bits per heavy atom. The van der Waals surface area contributed by atoms with Crippen molar-refractivity contribution in [3.05, 3.63) is 145 Å². The van der Waals surface area contributed by atoms with Crippen molar-refractivity contribution >= 4 is 6.48 Å². The summed E-state index contributed by atoms with van der Waals surface area (Å²) in [4.78, 5) is 0. The van der Waals surface area contributed by atoms with Gasteiger partial charge in [0.15, 0.2) is 0 Å². The zero-order chi connectivity index (χ0) is 32.1. The van der Waals surface area contributed by atoms with Gasteiger partial charge in [0.25, 0.3) is 0 Å². The first-order chi connectivity index (χ1) is 22.1. The average molecular weight is 753 g/mol. The second kappa shape index (κ2) is 14.9. The van der Waals surface area contributed by atoms with Crippen LogP contribution in [0, 0.1) is 5.92 Å². The minimum atomic E-state index is -2.82. The maximum Gasteiger partial charge on any atom is -1.00 e. The Balaban J connectivity index is 0.00000225. The molecule has 3 heteroatoms. The first-order valence-electron chi connectivity index (χ1n) is 17.7. The summed E-state index contributed by atoms with van der Waals surface area (Å²) in [5.74, 6) is 0.747. The van der Waals surface area contributed by atoms with Crippen molar-refractivity contribution in [1.29, 1.82) is 0 Å². The summed E-state index contributed by atoms with van der Waals surface area (Å²) >= 11 is -2.82. The molecule has 0 aromatic heterocycles. The summed E-state index contributed by atoms with van der Waals surface area (Å²) in [6.07, 6.45) is 14.5. The molecule has 48 heavy (non-hydrogen) atoms. The zero-order valence-electron chi connectivity index (χ0n) is 29.6. The Kier molecular flexibility index (Phi) is 11.5. The van der Waals surface area contributed by atoms with Crippen LogP contribution >= 0.6 is 0 Å². The smallest absolute Gasteiger partial charge is 1.00 e. The number of halogens is 2. The first kappa shape index (κ1) is 37.0. The molecule has 0 amide bonds. The van der Waals surface area contributed by atoms with E-state index >= 15 is 0 Å². The van der Waals surface area contributed by atoms with Gasteiger partial charge in [-0.05, 0) is 0 Å². The molecule has 3 aliphatic rings. The van der Waals surface area contributed by atoms with Crippen LogP contribution in [0.15, 0.2) is 112 Å². The number of fused-ring (bicyclic) bond motifs is 3. The summed E-state index contributed by atoms with van der Waals surface area (Å²) < 4.78 is 5.14. The minimum absolute atomic E-state index is 0. The molecule has 0 unspecified atom stereocenters. The second-order valence-electron chi connectivity index (χ2n) is 16.0. The molecule has 248 valence electrons. The molecular formula is C45H50Cl2Zr. The molecule has 4 aromatic carbocycles. The van der Waals surface area contributed by atoms with Gasteiger partial charge in [0.2, 0.25) is 0 Å². The van der Waals surface area contributed by atoms with E-state index in [-0.39, 0.29) is 35.6 Å². The third-order valence-corrected chi connectivity index (χ3v) is 18.4. The maximum absolute atomic E-state index is 2.82. The molecule has 0 atom stereocenters. The Bertz CT molecular complexity index is 1820. The van der Waals surface area contributed by atoms with Gasteiger partial charge in [0, 0.05) is 0 Å². The molecule has 1 saturated carbocycles. The maximum atomic E-state index is 2.74. The third-order valence-electron chi connectivity index (χ3n) is 10.7. The van der Waals surface area contributed by atoms with Crippen molar-refractivity contribution in [3.8, 4) is 11.1 Å². The molecule has 0 saturated heterocycles. The fourth-order valence-corrected chi connectivity index (χ4v) is 17.2. The van der Waals surface area contributed by atoms with Crippen molar-refractivity contribution in [2.24, 2.45) is 5.92 Å². The number of hydrogen-bond donors (Lipinski definition) is 0. The van der Waals surface area contributed by atoms with Crippen LogP contribution in [0.4, 0.5) is 0 Å². The van der Waals surface area contributed by atoms with Gasteiger partial charge >= 0.3 is 287 Å². The van der Waals surface area contributed by atoms with Crippen molar-refractivity contribution in [3.63, 3.8) is 0 Å². The predicted molar refractivity (Wildman–Crippen MR) is 195 cm³/mol. The number of allylic oxidation sites excluding steroid dienone is 4. The fourth-order valence-electron chi connectivity index (χ4n) is 8.21. The van der Waals surface area contributed by atoms with Crippen molar-refractivity contribution in [1.82, 2.24) is 0 Å². The number of rotatable bonds is 5.